The van der Waals surface area contributed by atoms with E-state index in [0.29, 0.717) is 17.8 Å². The molecule has 0 saturated carbocycles. The standard InChI is InChI=1S/C17H21N3O3/c1-12(21)19-14-8-6-13(7-9-14)17(22)18-11-15(20(2)3)16-5-4-10-23-16/h4-10,15H,11H2,1-3H3,(H,18,22)(H,19,21)/t15-/m1/s1. The highest BCUT2D eigenvalue weighted by Crippen LogP contribution is 2.18. The summed E-state index contributed by atoms with van der Waals surface area (Å²) in [7, 11) is 3.86. The summed E-state index contributed by atoms with van der Waals surface area (Å²) in [5.41, 5.74) is 1.20. The van der Waals surface area contributed by atoms with E-state index < -0.39 is 0 Å². The molecule has 0 saturated heterocycles. The van der Waals surface area contributed by atoms with Crippen molar-refractivity contribution in [2.75, 3.05) is 26.0 Å². The predicted octanol–water partition coefficient (Wildman–Crippen LogP) is 2.27. The summed E-state index contributed by atoms with van der Waals surface area (Å²) in [6, 6.07) is 10.4. The van der Waals surface area contributed by atoms with Gasteiger partial charge >= 0.3 is 0 Å². The van der Waals surface area contributed by atoms with Crippen LogP contribution in [0.2, 0.25) is 0 Å². The van der Waals surface area contributed by atoms with Gasteiger partial charge in [-0.25, -0.2) is 0 Å². The van der Waals surface area contributed by atoms with Crippen LogP contribution in [0.5, 0.6) is 0 Å². The fourth-order valence-electron chi connectivity index (χ4n) is 2.22. The van der Waals surface area contributed by atoms with Crippen LogP contribution >= 0.6 is 0 Å². The lowest BCUT2D eigenvalue weighted by molar-refractivity contribution is -0.114. The van der Waals surface area contributed by atoms with Crippen LogP contribution in [0.15, 0.2) is 47.1 Å². The number of nitrogens with zero attached hydrogens (tertiary/aromatic N) is 1. The molecule has 0 radical (unpaired) electrons. The molecule has 0 unspecified atom stereocenters. The summed E-state index contributed by atoms with van der Waals surface area (Å²) < 4.78 is 5.41. The van der Waals surface area contributed by atoms with Crippen molar-refractivity contribution in [3.63, 3.8) is 0 Å². The number of hydrogen-bond acceptors (Lipinski definition) is 4. The first kappa shape index (κ1) is 16.8. The lowest BCUT2D eigenvalue weighted by Gasteiger charge is -2.22. The van der Waals surface area contributed by atoms with Gasteiger partial charge in [-0.1, -0.05) is 0 Å². The Bertz CT molecular complexity index is 648. The van der Waals surface area contributed by atoms with E-state index in [4.69, 9.17) is 4.42 Å². The van der Waals surface area contributed by atoms with Gasteiger partial charge in [-0.15, -0.1) is 0 Å². The van der Waals surface area contributed by atoms with E-state index >= 15 is 0 Å². The van der Waals surface area contributed by atoms with E-state index in [9.17, 15) is 9.59 Å². The fraction of sp³-hybridized carbons (Fsp3) is 0.294. The third-order valence-electron chi connectivity index (χ3n) is 3.42. The topological polar surface area (TPSA) is 74.6 Å². The summed E-state index contributed by atoms with van der Waals surface area (Å²) in [4.78, 5) is 25.2. The van der Waals surface area contributed by atoms with Gasteiger partial charge in [0.2, 0.25) is 5.91 Å². The second-order valence-electron chi connectivity index (χ2n) is 5.46. The van der Waals surface area contributed by atoms with Crippen molar-refractivity contribution in [1.29, 1.82) is 0 Å². The number of rotatable bonds is 6. The number of carbonyl (C=O) groups is 2. The smallest absolute Gasteiger partial charge is 0.251 e. The van der Waals surface area contributed by atoms with Crippen molar-refractivity contribution in [2.45, 2.75) is 13.0 Å². The van der Waals surface area contributed by atoms with Crippen LogP contribution in [0.4, 0.5) is 5.69 Å². The van der Waals surface area contributed by atoms with Gasteiger partial charge < -0.3 is 15.1 Å². The summed E-state index contributed by atoms with van der Waals surface area (Å²) >= 11 is 0. The monoisotopic (exact) mass is 315 g/mol. The number of likely N-dealkylation sites (N-methyl/N-ethyl adjacent to an activating group) is 1. The molecule has 0 aliphatic carbocycles. The summed E-state index contributed by atoms with van der Waals surface area (Å²) in [5, 5.41) is 5.57. The second-order valence-corrected chi connectivity index (χ2v) is 5.46. The van der Waals surface area contributed by atoms with Gasteiger partial charge in [0.25, 0.3) is 5.91 Å². The molecule has 0 bridgehead atoms. The number of anilines is 1. The Labute approximate surface area is 135 Å². The Morgan fingerprint density at radius 2 is 1.87 bits per heavy atom. The molecule has 2 amide bonds. The van der Waals surface area contributed by atoms with Gasteiger partial charge in [0.1, 0.15) is 5.76 Å². The molecule has 0 aliphatic rings. The van der Waals surface area contributed by atoms with Crippen LogP contribution in [0.1, 0.15) is 29.1 Å². The SMILES string of the molecule is CC(=O)Nc1ccc(C(=O)NC[C@H](c2ccco2)N(C)C)cc1. The Morgan fingerprint density at radius 3 is 2.39 bits per heavy atom. The molecule has 0 aliphatic heterocycles. The lowest BCUT2D eigenvalue weighted by atomic mass is 10.1. The van der Waals surface area contributed by atoms with Crippen LogP contribution in [0, 0.1) is 0 Å². The summed E-state index contributed by atoms with van der Waals surface area (Å²) in [5.74, 6) is 0.489. The quantitative estimate of drug-likeness (QED) is 0.857. The number of nitrogens with one attached hydrogen (secondary N) is 2. The molecular weight excluding hydrogens is 294 g/mol. The van der Waals surface area contributed by atoms with Gasteiger partial charge in [0.15, 0.2) is 0 Å². The third kappa shape index (κ3) is 4.69. The maximum Gasteiger partial charge on any atom is 0.251 e. The predicted molar refractivity (Wildman–Crippen MR) is 88.2 cm³/mol. The lowest BCUT2D eigenvalue weighted by Crippen LogP contribution is -2.34. The van der Waals surface area contributed by atoms with Crippen LogP contribution in [0.25, 0.3) is 0 Å². The molecule has 0 spiro atoms. The zero-order chi connectivity index (χ0) is 16.8. The van der Waals surface area contributed by atoms with E-state index in [-0.39, 0.29) is 17.9 Å². The first-order valence-corrected chi connectivity index (χ1v) is 7.33. The minimum absolute atomic E-state index is 0.0346. The summed E-state index contributed by atoms with van der Waals surface area (Å²) in [6.07, 6.45) is 1.62. The maximum absolute atomic E-state index is 12.2. The van der Waals surface area contributed by atoms with E-state index in [0.717, 1.165) is 5.76 Å². The molecular formula is C17H21N3O3. The Kier molecular flexibility index (Phi) is 5.54. The molecule has 1 aromatic heterocycles. The minimum Gasteiger partial charge on any atom is -0.468 e. The number of amides is 2. The highest BCUT2D eigenvalue weighted by atomic mass is 16.3. The van der Waals surface area contributed by atoms with E-state index in [2.05, 4.69) is 10.6 Å². The van der Waals surface area contributed by atoms with E-state index in [1.807, 2.05) is 31.1 Å². The number of furan rings is 1. The molecule has 2 rings (SSSR count). The van der Waals surface area contributed by atoms with Gasteiger partial charge in [-0.2, -0.15) is 0 Å². The average Bonchev–Trinajstić information content (AvgIpc) is 3.01. The Hall–Kier alpha value is -2.60. The molecule has 6 heteroatoms. The first-order chi connectivity index (χ1) is 11.0. The second kappa shape index (κ2) is 7.60. The number of hydrogen-bond donors (Lipinski definition) is 2. The molecule has 1 aromatic carbocycles. The van der Waals surface area contributed by atoms with E-state index in [1.54, 1.807) is 30.5 Å². The zero-order valence-electron chi connectivity index (χ0n) is 13.5. The van der Waals surface area contributed by atoms with Gasteiger partial charge in [-0.3, -0.25) is 14.5 Å². The van der Waals surface area contributed by atoms with Crippen LogP contribution in [0.3, 0.4) is 0 Å². The molecule has 122 valence electrons. The van der Waals surface area contributed by atoms with Crippen molar-refractivity contribution in [3.8, 4) is 0 Å². The van der Waals surface area contributed by atoms with Crippen LogP contribution < -0.4 is 10.6 Å². The maximum atomic E-state index is 12.2. The highest BCUT2D eigenvalue weighted by Gasteiger charge is 2.18. The molecule has 6 nitrogen and oxygen atoms in total. The normalized spacial score (nSPS) is 12.0. The summed E-state index contributed by atoms with van der Waals surface area (Å²) in [6.45, 7) is 1.88. The van der Waals surface area contributed by atoms with Crippen molar-refractivity contribution >= 4 is 17.5 Å². The Balaban J connectivity index is 1.97. The van der Waals surface area contributed by atoms with Crippen molar-refractivity contribution in [3.05, 3.63) is 54.0 Å². The largest absolute Gasteiger partial charge is 0.468 e. The average molecular weight is 315 g/mol. The highest BCUT2D eigenvalue weighted by molar-refractivity contribution is 5.95. The van der Waals surface area contributed by atoms with Gasteiger partial charge in [0.05, 0.1) is 12.3 Å². The number of carbonyl (C=O) groups excluding carboxylic acids is 2. The van der Waals surface area contributed by atoms with Gasteiger partial charge in [0, 0.05) is 24.7 Å². The molecule has 0 fully saturated rings. The van der Waals surface area contributed by atoms with Crippen molar-refractivity contribution in [2.24, 2.45) is 0 Å². The Morgan fingerprint density at radius 1 is 1.17 bits per heavy atom. The van der Waals surface area contributed by atoms with Crippen LogP contribution in [-0.2, 0) is 4.79 Å². The van der Waals surface area contributed by atoms with Crippen molar-refractivity contribution in [1.82, 2.24) is 10.2 Å². The van der Waals surface area contributed by atoms with Gasteiger partial charge in [-0.05, 0) is 50.5 Å². The molecule has 2 aromatic rings. The molecule has 23 heavy (non-hydrogen) atoms. The third-order valence-corrected chi connectivity index (χ3v) is 3.42. The molecule has 1 heterocycles. The van der Waals surface area contributed by atoms with E-state index in [1.165, 1.54) is 6.92 Å². The first-order valence-electron chi connectivity index (χ1n) is 7.33. The zero-order valence-corrected chi connectivity index (χ0v) is 13.5. The molecule has 2 N–H and O–H groups in total. The fourth-order valence-corrected chi connectivity index (χ4v) is 2.22. The minimum atomic E-state index is -0.169. The van der Waals surface area contributed by atoms with Crippen LogP contribution in [-0.4, -0.2) is 37.4 Å². The molecule has 1 atom stereocenters. The van der Waals surface area contributed by atoms with Crippen molar-refractivity contribution < 1.29 is 14.0 Å². The number of benzene rings is 1.